The maximum absolute atomic E-state index is 14.6. The van der Waals surface area contributed by atoms with Crippen LogP contribution in [0.1, 0.15) is 43.1 Å². The van der Waals surface area contributed by atoms with Gasteiger partial charge in [-0.3, -0.25) is 14.4 Å². The standard InChI is InChI=1S/C33H29ClFN3O3S/c34-24-12-8-21(9-13-24)27-28(31(39)26-7-4-20-42-26)29(22-10-14-25(35)15-11-22)38(32(40)23-5-2-1-3-6-23)30(27)33(41)37-18-16-36-17-19-37/h1-15,20,27-30,36H,16-19H2. The molecule has 3 heterocycles. The monoisotopic (exact) mass is 601 g/mol. The lowest BCUT2D eigenvalue weighted by molar-refractivity contribution is -0.136. The van der Waals surface area contributed by atoms with Crippen LogP contribution in [0.15, 0.2) is 96.4 Å². The van der Waals surface area contributed by atoms with E-state index < -0.39 is 29.7 Å². The minimum Gasteiger partial charge on any atom is -0.338 e. The Morgan fingerprint density at radius 2 is 1.50 bits per heavy atom. The van der Waals surface area contributed by atoms with E-state index >= 15 is 0 Å². The number of nitrogens with one attached hydrogen (secondary N) is 1. The van der Waals surface area contributed by atoms with Crippen molar-refractivity contribution < 1.29 is 18.8 Å². The van der Waals surface area contributed by atoms with Gasteiger partial charge < -0.3 is 15.1 Å². The van der Waals surface area contributed by atoms with Crippen LogP contribution < -0.4 is 5.32 Å². The Hall–Kier alpha value is -3.85. The Balaban J connectivity index is 1.60. The van der Waals surface area contributed by atoms with Gasteiger partial charge in [0.15, 0.2) is 5.78 Å². The molecule has 6 rings (SSSR count). The van der Waals surface area contributed by atoms with E-state index in [1.165, 1.54) is 23.5 Å². The summed E-state index contributed by atoms with van der Waals surface area (Å²) in [5, 5.41) is 5.64. The van der Waals surface area contributed by atoms with Gasteiger partial charge in [-0.2, -0.15) is 0 Å². The van der Waals surface area contributed by atoms with E-state index in [1.54, 1.807) is 64.4 Å². The summed E-state index contributed by atoms with van der Waals surface area (Å²) in [6.07, 6.45) is 0. The Morgan fingerprint density at radius 3 is 2.14 bits per heavy atom. The van der Waals surface area contributed by atoms with Crippen molar-refractivity contribution in [1.82, 2.24) is 15.1 Å². The number of hydrogen-bond donors (Lipinski definition) is 1. The molecule has 0 aliphatic carbocycles. The van der Waals surface area contributed by atoms with Gasteiger partial charge in [0, 0.05) is 42.7 Å². The number of ketones is 1. The van der Waals surface area contributed by atoms with E-state index in [9.17, 15) is 18.8 Å². The first-order valence-corrected chi connectivity index (χ1v) is 15.2. The third-order valence-corrected chi connectivity index (χ3v) is 9.27. The van der Waals surface area contributed by atoms with Crippen molar-refractivity contribution >= 4 is 40.5 Å². The molecule has 2 aliphatic rings. The molecule has 9 heteroatoms. The molecule has 0 saturated carbocycles. The van der Waals surface area contributed by atoms with E-state index in [-0.39, 0.29) is 17.6 Å². The average molecular weight is 602 g/mol. The molecule has 2 amide bonds. The van der Waals surface area contributed by atoms with Gasteiger partial charge in [0.25, 0.3) is 5.91 Å². The largest absolute Gasteiger partial charge is 0.338 e. The molecule has 0 radical (unpaired) electrons. The average Bonchev–Trinajstić information content (AvgIpc) is 3.69. The molecule has 3 aromatic carbocycles. The number of benzene rings is 3. The minimum atomic E-state index is -0.985. The summed E-state index contributed by atoms with van der Waals surface area (Å²) in [5.41, 5.74) is 1.73. The second kappa shape index (κ2) is 12.2. The number of rotatable bonds is 6. The zero-order valence-electron chi connectivity index (χ0n) is 22.7. The van der Waals surface area contributed by atoms with Crippen molar-refractivity contribution in [2.45, 2.75) is 18.0 Å². The minimum absolute atomic E-state index is 0.166. The lowest BCUT2D eigenvalue weighted by Gasteiger charge is -2.36. The lowest BCUT2D eigenvalue weighted by atomic mass is 9.77. The predicted octanol–water partition coefficient (Wildman–Crippen LogP) is 5.82. The fourth-order valence-corrected chi connectivity index (χ4v) is 7.07. The molecule has 0 bridgehead atoms. The molecule has 0 spiro atoms. The Labute approximate surface area is 252 Å². The van der Waals surface area contributed by atoms with Crippen LogP contribution in [0.3, 0.4) is 0 Å². The molecular weight excluding hydrogens is 573 g/mol. The van der Waals surface area contributed by atoms with Gasteiger partial charge in [0.1, 0.15) is 11.9 Å². The molecule has 4 unspecified atom stereocenters. The van der Waals surface area contributed by atoms with Crippen LogP contribution in [0, 0.1) is 11.7 Å². The Kier molecular flexibility index (Phi) is 8.20. The second-order valence-corrected chi connectivity index (χ2v) is 11.9. The molecule has 2 aliphatic heterocycles. The van der Waals surface area contributed by atoms with Gasteiger partial charge >= 0.3 is 0 Å². The smallest absolute Gasteiger partial charge is 0.255 e. The number of likely N-dealkylation sites (tertiary alicyclic amines) is 1. The van der Waals surface area contributed by atoms with E-state index in [0.717, 1.165) is 5.56 Å². The molecule has 6 nitrogen and oxygen atoms in total. The first-order chi connectivity index (χ1) is 20.4. The zero-order chi connectivity index (χ0) is 29.2. The third-order valence-electron chi connectivity index (χ3n) is 8.14. The summed E-state index contributed by atoms with van der Waals surface area (Å²) in [6, 6.07) is 23.6. The quantitative estimate of drug-likeness (QED) is 0.283. The van der Waals surface area contributed by atoms with Crippen LogP contribution in [0.5, 0.6) is 0 Å². The predicted molar refractivity (Wildman–Crippen MR) is 161 cm³/mol. The normalized spacial score (nSPS) is 22.2. The topological polar surface area (TPSA) is 69.7 Å². The molecular formula is C33H29ClFN3O3S. The number of amides is 2. The van der Waals surface area contributed by atoms with Gasteiger partial charge in [-0.1, -0.05) is 60.1 Å². The molecule has 42 heavy (non-hydrogen) atoms. The van der Waals surface area contributed by atoms with Crippen molar-refractivity contribution in [3.8, 4) is 0 Å². The molecule has 214 valence electrons. The Morgan fingerprint density at radius 1 is 0.833 bits per heavy atom. The van der Waals surface area contributed by atoms with E-state index in [0.29, 0.717) is 47.2 Å². The van der Waals surface area contributed by atoms with Crippen LogP contribution >= 0.6 is 22.9 Å². The Bertz CT molecular complexity index is 1560. The maximum atomic E-state index is 14.6. The van der Waals surface area contributed by atoms with Crippen LogP contribution in [-0.2, 0) is 4.79 Å². The highest BCUT2D eigenvalue weighted by atomic mass is 35.5. The summed E-state index contributed by atoms with van der Waals surface area (Å²) in [5.74, 6) is -2.67. The third kappa shape index (κ3) is 5.38. The number of Topliss-reactive ketones (excluding diaryl/α,β-unsaturated/α-hetero) is 1. The van der Waals surface area contributed by atoms with Crippen molar-refractivity contribution in [3.63, 3.8) is 0 Å². The lowest BCUT2D eigenvalue weighted by Crippen LogP contribution is -2.54. The summed E-state index contributed by atoms with van der Waals surface area (Å²) in [4.78, 5) is 47.5. The summed E-state index contributed by atoms with van der Waals surface area (Å²) in [7, 11) is 0. The SMILES string of the molecule is O=C(c1cccs1)C1C(c2ccc(Cl)cc2)C(C(=O)N2CCNCC2)N(C(=O)c2ccccc2)C1c1ccc(F)cc1. The van der Waals surface area contributed by atoms with Gasteiger partial charge in [-0.25, -0.2) is 4.39 Å². The summed E-state index contributed by atoms with van der Waals surface area (Å²) < 4.78 is 14.2. The number of halogens is 2. The fourth-order valence-electron chi connectivity index (χ4n) is 6.23. The van der Waals surface area contributed by atoms with Crippen LogP contribution in [-0.4, -0.2) is 59.6 Å². The highest BCUT2D eigenvalue weighted by Crippen LogP contribution is 2.52. The van der Waals surface area contributed by atoms with Crippen LogP contribution in [0.2, 0.25) is 5.02 Å². The number of piperazine rings is 1. The number of carbonyl (C=O) groups excluding carboxylic acids is 3. The van der Waals surface area contributed by atoms with Crippen molar-refractivity contribution in [1.29, 1.82) is 0 Å². The molecule has 2 saturated heterocycles. The van der Waals surface area contributed by atoms with Crippen LogP contribution in [0.4, 0.5) is 4.39 Å². The van der Waals surface area contributed by atoms with Crippen molar-refractivity contribution in [2.75, 3.05) is 26.2 Å². The summed E-state index contributed by atoms with van der Waals surface area (Å²) in [6.45, 7) is 2.24. The fraction of sp³-hybridized carbons (Fsp3) is 0.242. The number of hydrogen-bond acceptors (Lipinski definition) is 5. The highest BCUT2D eigenvalue weighted by Gasteiger charge is 2.58. The molecule has 4 aromatic rings. The number of thiophene rings is 1. The van der Waals surface area contributed by atoms with Crippen molar-refractivity contribution in [3.05, 3.63) is 129 Å². The first-order valence-electron chi connectivity index (χ1n) is 13.9. The van der Waals surface area contributed by atoms with Crippen molar-refractivity contribution in [2.24, 2.45) is 5.92 Å². The number of carbonyl (C=O) groups is 3. The van der Waals surface area contributed by atoms with Gasteiger partial charge in [-0.15, -0.1) is 11.3 Å². The van der Waals surface area contributed by atoms with Gasteiger partial charge in [0.2, 0.25) is 5.91 Å². The molecule has 1 N–H and O–H groups in total. The molecule has 4 atom stereocenters. The summed E-state index contributed by atoms with van der Waals surface area (Å²) >= 11 is 7.59. The zero-order valence-corrected chi connectivity index (χ0v) is 24.2. The first kappa shape index (κ1) is 28.3. The maximum Gasteiger partial charge on any atom is 0.255 e. The second-order valence-electron chi connectivity index (χ2n) is 10.5. The highest BCUT2D eigenvalue weighted by molar-refractivity contribution is 7.12. The van der Waals surface area contributed by atoms with E-state index in [4.69, 9.17) is 11.6 Å². The van der Waals surface area contributed by atoms with E-state index in [1.807, 2.05) is 29.6 Å². The van der Waals surface area contributed by atoms with Gasteiger partial charge in [-0.05, 0) is 59.0 Å². The van der Waals surface area contributed by atoms with Crippen LogP contribution in [0.25, 0.3) is 0 Å². The van der Waals surface area contributed by atoms with E-state index in [2.05, 4.69) is 5.32 Å². The number of nitrogens with zero attached hydrogens (tertiary/aromatic N) is 2. The molecule has 2 fully saturated rings. The molecule has 1 aromatic heterocycles. The van der Waals surface area contributed by atoms with Gasteiger partial charge in [0.05, 0.1) is 16.8 Å².